The maximum Gasteiger partial charge on any atom is 0.271 e. The van der Waals surface area contributed by atoms with Crippen molar-refractivity contribution in [3.8, 4) is 5.69 Å². The Morgan fingerprint density at radius 1 is 1.10 bits per heavy atom. The van der Waals surface area contributed by atoms with Gasteiger partial charge in [-0.3, -0.25) is 25.2 Å². The lowest BCUT2D eigenvalue weighted by Crippen LogP contribution is -2.45. The Kier molecular flexibility index (Phi) is 4.86. The van der Waals surface area contributed by atoms with Gasteiger partial charge < -0.3 is 9.47 Å². The topological polar surface area (TPSA) is 83.4 Å². The molecule has 1 aromatic heterocycles. The number of hydrazine groups is 1. The smallest absolute Gasteiger partial charge is 0.271 e. The highest BCUT2D eigenvalue weighted by atomic mass is 19.1. The molecule has 0 spiro atoms. The fourth-order valence-corrected chi connectivity index (χ4v) is 3.91. The fourth-order valence-electron chi connectivity index (χ4n) is 3.91. The molecule has 152 valence electrons. The summed E-state index contributed by atoms with van der Waals surface area (Å²) in [6.07, 6.45) is 2.18. The summed E-state index contributed by atoms with van der Waals surface area (Å²) in [5.74, 6) is -1.58. The Balaban J connectivity index is 1.41. The van der Waals surface area contributed by atoms with Crippen LogP contribution in [0, 0.1) is 25.6 Å². The average molecular weight is 398 g/mol. The van der Waals surface area contributed by atoms with Crippen molar-refractivity contribution in [2.24, 2.45) is 5.92 Å². The highest BCUT2D eigenvalue weighted by molar-refractivity contribution is 5.97. The molecule has 0 radical (unpaired) electrons. The molecule has 2 heterocycles. The summed E-state index contributed by atoms with van der Waals surface area (Å²) in [7, 11) is 0. The van der Waals surface area contributed by atoms with Gasteiger partial charge in [-0.25, -0.2) is 4.39 Å². The first-order valence-electron chi connectivity index (χ1n) is 9.69. The number of benzene rings is 1. The normalized spacial score (nSPS) is 18.8. The third-order valence-corrected chi connectivity index (χ3v) is 5.58. The molecule has 2 N–H and O–H groups in total. The molecule has 7 nitrogen and oxygen atoms in total. The number of rotatable bonds is 4. The fraction of sp³-hybridized carbons (Fsp3) is 0.381. The number of carbonyl (C=O) groups excluding carboxylic acids is 3. The Morgan fingerprint density at radius 3 is 2.45 bits per heavy atom. The van der Waals surface area contributed by atoms with Crippen LogP contribution in [0.15, 0.2) is 30.3 Å². The molecule has 1 saturated heterocycles. The van der Waals surface area contributed by atoms with Crippen molar-refractivity contribution in [2.45, 2.75) is 39.2 Å². The van der Waals surface area contributed by atoms with E-state index in [1.165, 1.54) is 12.1 Å². The molecule has 0 bridgehead atoms. The van der Waals surface area contributed by atoms with Gasteiger partial charge in [0, 0.05) is 36.1 Å². The van der Waals surface area contributed by atoms with E-state index >= 15 is 0 Å². The summed E-state index contributed by atoms with van der Waals surface area (Å²) < 4.78 is 15.0. The average Bonchev–Trinajstić information content (AvgIpc) is 3.40. The van der Waals surface area contributed by atoms with Gasteiger partial charge in [0.1, 0.15) is 5.82 Å². The maximum atomic E-state index is 13.2. The first kappa shape index (κ1) is 19.2. The zero-order valence-corrected chi connectivity index (χ0v) is 16.4. The van der Waals surface area contributed by atoms with Gasteiger partial charge in [0.15, 0.2) is 0 Å². The molecule has 1 aromatic carbocycles. The molecule has 1 saturated carbocycles. The predicted molar refractivity (Wildman–Crippen MR) is 104 cm³/mol. The highest BCUT2D eigenvalue weighted by Crippen LogP contribution is 2.32. The van der Waals surface area contributed by atoms with Crippen LogP contribution in [0.3, 0.4) is 0 Å². The van der Waals surface area contributed by atoms with Crippen LogP contribution in [0.2, 0.25) is 0 Å². The second-order valence-electron chi connectivity index (χ2n) is 7.72. The second kappa shape index (κ2) is 7.35. The first-order chi connectivity index (χ1) is 13.8. The van der Waals surface area contributed by atoms with Gasteiger partial charge >= 0.3 is 0 Å². The number of aryl methyl sites for hydroxylation is 1. The summed E-state index contributed by atoms with van der Waals surface area (Å²) in [5, 5.41) is 0. The minimum absolute atomic E-state index is 0.00169. The van der Waals surface area contributed by atoms with E-state index in [-0.39, 0.29) is 30.1 Å². The summed E-state index contributed by atoms with van der Waals surface area (Å²) in [6.45, 7) is 4.04. The van der Waals surface area contributed by atoms with Crippen molar-refractivity contribution in [1.29, 1.82) is 0 Å². The number of nitrogens with zero attached hydrogens (tertiary/aromatic N) is 2. The minimum atomic E-state index is -0.449. The minimum Gasteiger partial charge on any atom is -0.339 e. The molecule has 3 amide bonds. The van der Waals surface area contributed by atoms with E-state index in [0.717, 1.165) is 24.2 Å². The third-order valence-electron chi connectivity index (χ3n) is 5.58. The SMILES string of the molecule is Cc1cc(C(=O)NNC(=O)C2CC(=O)N(C3CC3)C2)c(C)n1-c1ccc(F)cc1. The van der Waals surface area contributed by atoms with E-state index in [1.54, 1.807) is 30.0 Å². The zero-order chi connectivity index (χ0) is 20.7. The van der Waals surface area contributed by atoms with Gasteiger partial charge in [-0.1, -0.05) is 0 Å². The molecule has 1 aliphatic heterocycles. The Hall–Kier alpha value is -3.16. The van der Waals surface area contributed by atoms with Crippen molar-refractivity contribution >= 4 is 17.7 Å². The number of aromatic nitrogens is 1. The van der Waals surface area contributed by atoms with E-state index in [9.17, 15) is 18.8 Å². The number of hydrogen-bond donors (Lipinski definition) is 2. The van der Waals surface area contributed by atoms with Crippen molar-refractivity contribution in [1.82, 2.24) is 20.3 Å². The van der Waals surface area contributed by atoms with Crippen LogP contribution >= 0.6 is 0 Å². The van der Waals surface area contributed by atoms with Gasteiger partial charge in [-0.2, -0.15) is 0 Å². The van der Waals surface area contributed by atoms with Crippen molar-refractivity contribution in [3.05, 3.63) is 53.1 Å². The van der Waals surface area contributed by atoms with Gasteiger partial charge in [0.25, 0.3) is 5.91 Å². The molecule has 8 heteroatoms. The van der Waals surface area contributed by atoms with E-state index in [0.29, 0.717) is 17.8 Å². The molecule has 1 atom stereocenters. The molecule has 29 heavy (non-hydrogen) atoms. The predicted octanol–water partition coefficient (Wildman–Crippen LogP) is 2.01. The van der Waals surface area contributed by atoms with E-state index in [4.69, 9.17) is 0 Å². The van der Waals surface area contributed by atoms with Crippen LogP contribution in [-0.4, -0.2) is 39.8 Å². The maximum absolute atomic E-state index is 13.2. The van der Waals surface area contributed by atoms with E-state index in [2.05, 4.69) is 10.9 Å². The molecule has 2 fully saturated rings. The van der Waals surface area contributed by atoms with Crippen molar-refractivity contribution < 1.29 is 18.8 Å². The molecule has 1 unspecified atom stereocenters. The summed E-state index contributed by atoms with van der Waals surface area (Å²) >= 11 is 0. The Bertz CT molecular complexity index is 979. The molecule has 1 aliphatic carbocycles. The van der Waals surface area contributed by atoms with Crippen LogP contribution in [-0.2, 0) is 9.59 Å². The molecular formula is C21H23FN4O3. The largest absolute Gasteiger partial charge is 0.339 e. The number of hydrogen-bond acceptors (Lipinski definition) is 3. The zero-order valence-electron chi connectivity index (χ0n) is 16.4. The summed E-state index contributed by atoms with van der Waals surface area (Å²) in [5.41, 5.74) is 7.55. The van der Waals surface area contributed by atoms with Gasteiger partial charge in [-0.15, -0.1) is 0 Å². The number of halogens is 1. The monoisotopic (exact) mass is 398 g/mol. The lowest BCUT2D eigenvalue weighted by molar-refractivity contribution is -0.129. The number of likely N-dealkylation sites (tertiary alicyclic amines) is 1. The first-order valence-corrected chi connectivity index (χ1v) is 9.69. The van der Waals surface area contributed by atoms with Crippen molar-refractivity contribution in [2.75, 3.05) is 6.54 Å². The molecular weight excluding hydrogens is 375 g/mol. The Labute approximate surface area is 167 Å². The summed E-state index contributed by atoms with van der Waals surface area (Å²) in [4.78, 5) is 38.8. The van der Waals surface area contributed by atoms with Gasteiger partial charge in [0.05, 0.1) is 11.5 Å². The van der Waals surface area contributed by atoms with Crippen LogP contribution in [0.25, 0.3) is 5.69 Å². The van der Waals surface area contributed by atoms with Crippen LogP contribution in [0.1, 0.15) is 41.0 Å². The number of nitrogens with one attached hydrogen (secondary N) is 2. The van der Waals surface area contributed by atoms with Gasteiger partial charge in [0.2, 0.25) is 11.8 Å². The van der Waals surface area contributed by atoms with E-state index in [1.807, 2.05) is 11.5 Å². The summed E-state index contributed by atoms with van der Waals surface area (Å²) in [6, 6.07) is 8.01. The number of carbonyl (C=O) groups is 3. The molecule has 2 aromatic rings. The number of amides is 3. The Morgan fingerprint density at radius 2 is 1.79 bits per heavy atom. The second-order valence-corrected chi connectivity index (χ2v) is 7.72. The quantitative estimate of drug-likeness (QED) is 0.773. The molecule has 4 rings (SSSR count). The van der Waals surface area contributed by atoms with E-state index < -0.39 is 11.8 Å². The van der Waals surface area contributed by atoms with Crippen molar-refractivity contribution in [3.63, 3.8) is 0 Å². The molecule has 2 aliphatic rings. The van der Waals surface area contributed by atoms with Crippen LogP contribution in [0.5, 0.6) is 0 Å². The third kappa shape index (κ3) is 3.74. The lowest BCUT2D eigenvalue weighted by atomic mass is 10.1. The van der Waals surface area contributed by atoms with Crippen LogP contribution in [0.4, 0.5) is 4.39 Å². The van der Waals surface area contributed by atoms with Crippen LogP contribution < -0.4 is 10.9 Å². The van der Waals surface area contributed by atoms with Gasteiger partial charge in [-0.05, 0) is 57.0 Å². The lowest BCUT2D eigenvalue weighted by Gasteiger charge is -2.15. The highest BCUT2D eigenvalue weighted by Gasteiger charge is 2.41. The standard InChI is InChI=1S/C21H23FN4O3/c1-12-9-18(13(2)26(12)17-5-3-15(22)4-6-17)21(29)24-23-20(28)14-10-19(27)25(11-14)16-7-8-16/h3-6,9,14,16H,7-8,10-11H2,1-2H3,(H,23,28)(H,24,29).